The summed E-state index contributed by atoms with van der Waals surface area (Å²) in [7, 11) is 0. The van der Waals surface area contributed by atoms with Crippen molar-refractivity contribution in [3.05, 3.63) is 29.8 Å². The van der Waals surface area contributed by atoms with Crippen LogP contribution >= 0.6 is 0 Å². The Morgan fingerprint density at radius 3 is 1.86 bits per heavy atom. The molecule has 1 aromatic rings. The molecule has 29 heavy (non-hydrogen) atoms. The van der Waals surface area contributed by atoms with E-state index in [0.29, 0.717) is 11.3 Å². The third-order valence-electron chi connectivity index (χ3n) is 4.04. The maximum absolute atomic E-state index is 11.6. The number of esters is 3. The molecule has 0 saturated carbocycles. The average Bonchev–Trinajstić information content (AvgIpc) is 2.65. The Labute approximate surface area is 167 Å². The Hall–Kier alpha value is -2.69. The summed E-state index contributed by atoms with van der Waals surface area (Å²) in [4.78, 5) is 34.8. The Morgan fingerprint density at radius 1 is 0.862 bits per heavy atom. The monoisotopic (exact) mass is 412 g/mol. The van der Waals surface area contributed by atoms with Crippen molar-refractivity contribution in [2.24, 2.45) is 0 Å². The maximum atomic E-state index is 11.6. The van der Waals surface area contributed by atoms with Gasteiger partial charge in [-0.15, -0.1) is 0 Å². The van der Waals surface area contributed by atoms with Crippen molar-refractivity contribution < 1.29 is 48.3 Å². The minimum Gasteiger partial charge on any atom is -0.461 e. The van der Waals surface area contributed by atoms with E-state index in [1.807, 2.05) is 0 Å². The van der Waals surface area contributed by atoms with Crippen LogP contribution in [0.15, 0.2) is 24.3 Å². The number of carbonyl (C=O) groups is 3. The summed E-state index contributed by atoms with van der Waals surface area (Å²) in [6, 6.07) is 6.36. The van der Waals surface area contributed by atoms with Crippen molar-refractivity contribution in [3.63, 3.8) is 0 Å². The molecule has 0 amide bonds. The van der Waals surface area contributed by atoms with E-state index < -0.39 is 55.2 Å². The maximum Gasteiger partial charge on any atom is 0.303 e. The lowest BCUT2D eigenvalue weighted by molar-refractivity contribution is -0.287. The number of aliphatic hydroxyl groups is 2. The van der Waals surface area contributed by atoms with Crippen LogP contribution in [0, 0.1) is 0 Å². The molecule has 0 aromatic heterocycles. The van der Waals surface area contributed by atoms with E-state index in [4.69, 9.17) is 28.8 Å². The molecule has 160 valence electrons. The molecule has 2 N–H and O–H groups in total. The van der Waals surface area contributed by atoms with Crippen molar-refractivity contribution in [2.45, 2.75) is 58.1 Å². The van der Waals surface area contributed by atoms with Crippen LogP contribution in [0.3, 0.4) is 0 Å². The van der Waals surface area contributed by atoms with Crippen molar-refractivity contribution in [1.82, 2.24) is 0 Å². The van der Waals surface area contributed by atoms with Gasteiger partial charge in [0.2, 0.25) is 12.4 Å². The summed E-state index contributed by atoms with van der Waals surface area (Å²) in [5.41, 5.74) is 0.652. The first-order valence-corrected chi connectivity index (χ1v) is 8.89. The van der Waals surface area contributed by atoms with Gasteiger partial charge in [-0.1, -0.05) is 12.1 Å². The van der Waals surface area contributed by atoms with Gasteiger partial charge in [0, 0.05) is 20.8 Å². The quantitative estimate of drug-likeness (QED) is 0.467. The van der Waals surface area contributed by atoms with E-state index in [9.17, 15) is 19.5 Å². The molecule has 0 radical (unpaired) electrons. The lowest BCUT2D eigenvalue weighted by atomic mass is 9.98. The molecule has 1 aromatic carbocycles. The van der Waals surface area contributed by atoms with Gasteiger partial charge in [0.25, 0.3) is 0 Å². The summed E-state index contributed by atoms with van der Waals surface area (Å²) in [5.74, 6) is -1.80. The van der Waals surface area contributed by atoms with Gasteiger partial charge < -0.3 is 33.9 Å². The second-order valence-electron chi connectivity index (χ2n) is 6.37. The molecule has 1 aliphatic heterocycles. The molecule has 10 heteroatoms. The van der Waals surface area contributed by atoms with E-state index in [0.717, 1.165) is 20.8 Å². The number of ether oxygens (including phenoxy) is 5. The van der Waals surface area contributed by atoms with Gasteiger partial charge in [-0.05, 0) is 17.7 Å². The predicted octanol–water partition coefficient (Wildman–Crippen LogP) is 0.0700. The lowest BCUT2D eigenvalue weighted by Crippen LogP contribution is -2.63. The van der Waals surface area contributed by atoms with Crippen LogP contribution in [-0.2, 0) is 39.9 Å². The molecule has 1 fully saturated rings. The van der Waals surface area contributed by atoms with Gasteiger partial charge >= 0.3 is 17.9 Å². The van der Waals surface area contributed by atoms with E-state index in [-0.39, 0.29) is 6.61 Å². The van der Waals surface area contributed by atoms with Crippen LogP contribution in [0.25, 0.3) is 0 Å². The smallest absolute Gasteiger partial charge is 0.303 e. The third-order valence-corrected chi connectivity index (χ3v) is 4.04. The van der Waals surface area contributed by atoms with E-state index in [1.54, 1.807) is 24.3 Å². The summed E-state index contributed by atoms with van der Waals surface area (Å²) < 4.78 is 27.1. The summed E-state index contributed by atoms with van der Waals surface area (Å²) in [6.45, 7) is 2.71. The van der Waals surface area contributed by atoms with Gasteiger partial charge in [-0.2, -0.15) is 0 Å². The van der Waals surface area contributed by atoms with Crippen molar-refractivity contribution >= 4 is 17.9 Å². The number of hydrogen-bond acceptors (Lipinski definition) is 10. The van der Waals surface area contributed by atoms with Crippen LogP contribution in [0.1, 0.15) is 26.3 Å². The SMILES string of the molecule is CC(=O)O[C@@H]1[C@@H](OC(C)=O)[C@H](Oc2ccc(CO)cc2)O[C@H](CO)[C@H]1OC(C)=O. The molecule has 0 spiro atoms. The molecule has 1 aliphatic rings. The highest BCUT2D eigenvalue weighted by Gasteiger charge is 2.52. The standard InChI is InChI=1S/C19H24O10/c1-10(22)25-16-15(9-21)29-19(28-14-6-4-13(8-20)5-7-14)18(27-12(3)24)17(16)26-11(2)23/h4-7,15-21H,8-9H2,1-3H3/t15-,16-,17+,18-,19-/m1/s1. The van der Waals surface area contributed by atoms with Gasteiger partial charge in [-0.25, -0.2) is 0 Å². The summed E-state index contributed by atoms with van der Waals surface area (Å²) in [6.07, 6.45) is -6.14. The normalized spacial score (nSPS) is 26.3. The number of aliphatic hydroxyl groups excluding tert-OH is 2. The summed E-state index contributed by atoms with van der Waals surface area (Å²) in [5, 5.41) is 18.8. The fraction of sp³-hybridized carbons (Fsp3) is 0.526. The van der Waals surface area contributed by atoms with Gasteiger partial charge in [0.05, 0.1) is 13.2 Å². The van der Waals surface area contributed by atoms with E-state index in [2.05, 4.69) is 0 Å². The summed E-state index contributed by atoms with van der Waals surface area (Å²) >= 11 is 0. The fourth-order valence-electron chi connectivity index (χ4n) is 2.90. The van der Waals surface area contributed by atoms with Gasteiger partial charge in [0.15, 0.2) is 12.2 Å². The Kier molecular flexibility index (Phi) is 7.94. The van der Waals surface area contributed by atoms with Crippen molar-refractivity contribution in [1.29, 1.82) is 0 Å². The van der Waals surface area contributed by atoms with Gasteiger partial charge in [-0.3, -0.25) is 14.4 Å². The fourth-order valence-corrected chi connectivity index (χ4v) is 2.90. The van der Waals surface area contributed by atoms with Crippen molar-refractivity contribution in [3.8, 4) is 5.75 Å². The highest BCUT2D eigenvalue weighted by molar-refractivity contribution is 5.68. The number of benzene rings is 1. The minimum atomic E-state index is -1.28. The topological polar surface area (TPSA) is 138 Å². The highest BCUT2D eigenvalue weighted by atomic mass is 16.7. The molecule has 1 heterocycles. The van der Waals surface area contributed by atoms with Crippen LogP contribution in [-0.4, -0.2) is 65.4 Å². The minimum absolute atomic E-state index is 0.151. The molecular formula is C19H24O10. The van der Waals surface area contributed by atoms with E-state index in [1.165, 1.54) is 0 Å². The number of hydrogen-bond donors (Lipinski definition) is 2. The zero-order valence-electron chi connectivity index (χ0n) is 16.3. The molecule has 0 aliphatic carbocycles. The third kappa shape index (κ3) is 6.14. The predicted molar refractivity (Wildman–Crippen MR) is 95.4 cm³/mol. The number of carbonyl (C=O) groups excluding carboxylic acids is 3. The van der Waals surface area contributed by atoms with Crippen LogP contribution in [0.4, 0.5) is 0 Å². The first-order chi connectivity index (χ1) is 13.7. The Bertz CT molecular complexity index is 716. The van der Waals surface area contributed by atoms with Crippen LogP contribution in [0.2, 0.25) is 0 Å². The van der Waals surface area contributed by atoms with Crippen LogP contribution in [0.5, 0.6) is 5.75 Å². The molecule has 5 atom stereocenters. The Balaban J connectivity index is 2.37. The first-order valence-electron chi connectivity index (χ1n) is 8.89. The molecule has 2 rings (SSSR count). The molecule has 10 nitrogen and oxygen atoms in total. The van der Waals surface area contributed by atoms with Gasteiger partial charge in [0.1, 0.15) is 11.9 Å². The molecule has 0 unspecified atom stereocenters. The first kappa shape index (κ1) is 22.6. The second-order valence-corrected chi connectivity index (χ2v) is 6.37. The zero-order valence-corrected chi connectivity index (χ0v) is 16.3. The lowest BCUT2D eigenvalue weighted by Gasteiger charge is -2.43. The molecule has 1 saturated heterocycles. The molecule has 0 bridgehead atoms. The largest absolute Gasteiger partial charge is 0.461 e. The average molecular weight is 412 g/mol. The van der Waals surface area contributed by atoms with Crippen LogP contribution < -0.4 is 4.74 Å². The number of rotatable bonds is 7. The highest BCUT2D eigenvalue weighted by Crippen LogP contribution is 2.30. The Morgan fingerprint density at radius 2 is 1.38 bits per heavy atom. The zero-order chi connectivity index (χ0) is 21.6. The second kappa shape index (κ2) is 10.2. The molecular weight excluding hydrogens is 388 g/mol. The van der Waals surface area contributed by atoms with Crippen molar-refractivity contribution in [2.75, 3.05) is 6.61 Å². The van der Waals surface area contributed by atoms with E-state index >= 15 is 0 Å².